The van der Waals surface area contributed by atoms with Gasteiger partial charge in [-0.3, -0.25) is 10.1 Å². The Kier molecular flexibility index (Phi) is 4.75. The number of esters is 1. The van der Waals surface area contributed by atoms with E-state index in [2.05, 4.69) is 0 Å². The number of rotatable bonds is 6. The molecule has 0 fully saturated rings. The maximum Gasteiger partial charge on any atom is 0.331 e. The monoisotopic (exact) mass is 353 g/mol. The van der Waals surface area contributed by atoms with Crippen LogP contribution in [0.2, 0.25) is 0 Å². The summed E-state index contributed by atoms with van der Waals surface area (Å²) in [6.45, 7) is 1.57. The van der Waals surface area contributed by atoms with E-state index in [1.165, 1.54) is 6.08 Å². The van der Waals surface area contributed by atoms with Gasteiger partial charge in [-0.15, -0.1) is 0 Å². The van der Waals surface area contributed by atoms with E-state index < -0.39 is 17.5 Å². The molecular formula is C20H19NO5. The number of carbonyl (C=O) groups excluding carboxylic acids is 1. The normalized spacial score (nSPS) is 19.8. The molecule has 0 aromatic heterocycles. The van der Waals surface area contributed by atoms with Crippen LogP contribution in [0.25, 0.3) is 0 Å². The van der Waals surface area contributed by atoms with Crippen LogP contribution in [-0.4, -0.2) is 24.5 Å². The Morgan fingerprint density at radius 2 is 1.81 bits per heavy atom. The van der Waals surface area contributed by atoms with Gasteiger partial charge in [0.2, 0.25) is 6.54 Å². The number of hydrogen-bond donors (Lipinski definition) is 0. The van der Waals surface area contributed by atoms with Crippen molar-refractivity contribution in [2.75, 3.05) is 13.7 Å². The van der Waals surface area contributed by atoms with Crippen molar-refractivity contribution in [1.29, 1.82) is 0 Å². The molecule has 0 bridgehead atoms. The lowest BCUT2D eigenvalue weighted by Gasteiger charge is -2.34. The van der Waals surface area contributed by atoms with E-state index in [4.69, 9.17) is 9.47 Å². The maximum atomic E-state index is 11.9. The molecule has 0 N–H and O–H groups in total. The second-order valence-corrected chi connectivity index (χ2v) is 6.25. The number of ether oxygens (including phenoxy) is 2. The molecule has 6 nitrogen and oxygen atoms in total. The van der Waals surface area contributed by atoms with Gasteiger partial charge in [-0.2, -0.15) is 0 Å². The Morgan fingerprint density at radius 3 is 2.31 bits per heavy atom. The standard InChI is InChI=1S/C20H19NO5/c1-14-3-7-16(8-4-14)20(12-11-19(22)26-20)18(13-21(23)24)15-5-9-17(25-2)10-6-15/h3-12,18H,13H2,1-2H3/t18-,20-/m1/s1. The van der Waals surface area contributed by atoms with Crippen LogP contribution in [0, 0.1) is 17.0 Å². The molecule has 0 saturated carbocycles. The molecule has 0 amide bonds. The number of methoxy groups -OCH3 is 1. The van der Waals surface area contributed by atoms with Gasteiger partial charge in [0.05, 0.1) is 13.0 Å². The summed E-state index contributed by atoms with van der Waals surface area (Å²) in [6.07, 6.45) is 2.95. The highest BCUT2D eigenvalue weighted by atomic mass is 16.6. The molecule has 1 aliphatic heterocycles. The summed E-state index contributed by atoms with van der Waals surface area (Å²) in [7, 11) is 1.55. The van der Waals surface area contributed by atoms with Crippen LogP contribution < -0.4 is 4.74 Å². The minimum atomic E-state index is -1.22. The molecule has 26 heavy (non-hydrogen) atoms. The molecule has 2 aromatic rings. The van der Waals surface area contributed by atoms with Crippen LogP contribution in [0.4, 0.5) is 0 Å². The fourth-order valence-corrected chi connectivity index (χ4v) is 3.26. The zero-order chi connectivity index (χ0) is 18.7. The number of benzene rings is 2. The number of carbonyl (C=O) groups is 1. The van der Waals surface area contributed by atoms with Gasteiger partial charge in [-0.1, -0.05) is 42.0 Å². The minimum absolute atomic E-state index is 0.377. The summed E-state index contributed by atoms with van der Waals surface area (Å²) in [5.74, 6) is -0.529. The van der Waals surface area contributed by atoms with E-state index in [1.807, 2.05) is 31.2 Å². The molecule has 134 valence electrons. The predicted octanol–water partition coefficient (Wildman–Crippen LogP) is 3.37. The first-order valence-corrected chi connectivity index (χ1v) is 8.20. The van der Waals surface area contributed by atoms with Crippen LogP contribution in [0.1, 0.15) is 22.6 Å². The van der Waals surface area contributed by atoms with Gasteiger partial charge in [0.25, 0.3) is 0 Å². The van der Waals surface area contributed by atoms with Crippen molar-refractivity contribution in [2.24, 2.45) is 0 Å². The van der Waals surface area contributed by atoms with Crippen molar-refractivity contribution in [3.63, 3.8) is 0 Å². The smallest absolute Gasteiger partial charge is 0.331 e. The third kappa shape index (κ3) is 3.31. The van der Waals surface area contributed by atoms with E-state index >= 15 is 0 Å². The van der Waals surface area contributed by atoms with Gasteiger partial charge in [-0.05, 0) is 30.7 Å². The number of nitro groups is 1. The van der Waals surface area contributed by atoms with E-state index in [1.54, 1.807) is 37.5 Å². The summed E-state index contributed by atoms with van der Waals surface area (Å²) in [4.78, 5) is 22.9. The molecule has 2 atom stereocenters. The predicted molar refractivity (Wildman–Crippen MR) is 95.7 cm³/mol. The van der Waals surface area contributed by atoms with Gasteiger partial charge in [-0.25, -0.2) is 4.79 Å². The third-order valence-corrected chi connectivity index (χ3v) is 4.61. The fraction of sp³-hybridized carbons (Fsp3) is 0.250. The molecular weight excluding hydrogens is 334 g/mol. The van der Waals surface area contributed by atoms with Crippen LogP contribution in [0.15, 0.2) is 60.7 Å². The molecule has 1 aliphatic rings. The maximum absolute atomic E-state index is 11.9. The number of aryl methyl sites for hydroxylation is 1. The first-order chi connectivity index (χ1) is 12.4. The Balaban J connectivity index is 2.13. The third-order valence-electron chi connectivity index (χ3n) is 4.61. The van der Waals surface area contributed by atoms with Gasteiger partial charge in [0.15, 0.2) is 5.60 Å². The molecule has 0 unspecified atom stereocenters. The molecule has 0 spiro atoms. The molecule has 0 radical (unpaired) electrons. The van der Waals surface area contributed by atoms with Gasteiger partial charge < -0.3 is 9.47 Å². The lowest BCUT2D eigenvalue weighted by atomic mass is 9.77. The van der Waals surface area contributed by atoms with Crippen molar-refractivity contribution in [2.45, 2.75) is 18.4 Å². The Labute approximate surface area is 151 Å². The summed E-state index contributed by atoms with van der Waals surface area (Å²) >= 11 is 0. The molecule has 3 rings (SSSR count). The topological polar surface area (TPSA) is 78.7 Å². The highest BCUT2D eigenvalue weighted by Gasteiger charge is 2.48. The Hall–Kier alpha value is -3.15. The van der Waals surface area contributed by atoms with E-state index in [0.717, 1.165) is 5.56 Å². The molecule has 6 heteroatoms. The minimum Gasteiger partial charge on any atom is -0.497 e. The van der Waals surface area contributed by atoms with Crippen LogP contribution >= 0.6 is 0 Å². The molecule has 0 saturated heterocycles. The summed E-state index contributed by atoms with van der Waals surface area (Å²) in [5.41, 5.74) is 1.23. The molecule has 1 heterocycles. The number of hydrogen-bond acceptors (Lipinski definition) is 5. The summed E-state index contributed by atoms with van der Waals surface area (Å²) < 4.78 is 10.8. The lowest BCUT2D eigenvalue weighted by molar-refractivity contribution is -0.486. The average Bonchev–Trinajstić information content (AvgIpc) is 3.03. The number of cyclic esters (lactones) is 1. The van der Waals surface area contributed by atoms with Crippen molar-refractivity contribution in [3.8, 4) is 5.75 Å². The SMILES string of the molecule is COc1ccc([C@@H](C[N+](=O)[O-])[C@]2(c3ccc(C)cc3)C=CC(=O)O2)cc1. The Bertz CT molecular complexity index is 842. The van der Waals surface area contributed by atoms with Gasteiger partial charge in [0.1, 0.15) is 5.75 Å². The lowest BCUT2D eigenvalue weighted by Crippen LogP contribution is -2.37. The quantitative estimate of drug-likeness (QED) is 0.452. The highest BCUT2D eigenvalue weighted by Crippen LogP contribution is 2.45. The van der Waals surface area contributed by atoms with Crippen LogP contribution in [-0.2, 0) is 15.1 Å². The first kappa shape index (κ1) is 17.7. The fourth-order valence-electron chi connectivity index (χ4n) is 3.26. The second-order valence-electron chi connectivity index (χ2n) is 6.25. The van der Waals surface area contributed by atoms with Crippen LogP contribution in [0.3, 0.4) is 0 Å². The van der Waals surface area contributed by atoms with Crippen molar-refractivity contribution >= 4 is 5.97 Å². The molecule has 0 aliphatic carbocycles. The Morgan fingerprint density at radius 1 is 1.15 bits per heavy atom. The van der Waals surface area contributed by atoms with E-state index in [-0.39, 0.29) is 11.5 Å². The molecule has 2 aromatic carbocycles. The van der Waals surface area contributed by atoms with Gasteiger partial charge >= 0.3 is 5.97 Å². The van der Waals surface area contributed by atoms with E-state index in [9.17, 15) is 14.9 Å². The van der Waals surface area contributed by atoms with Crippen LogP contribution in [0.5, 0.6) is 5.75 Å². The zero-order valence-electron chi connectivity index (χ0n) is 14.5. The summed E-state index contributed by atoms with van der Waals surface area (Å²) in [5, 5.41) is 11.4. The van der Waals surface area contributed by atoms with Crippen molar-refractivity contribution < 1.29 is 19.2 Å². The second kappa shape index (κ2) is 7.00. The van der Waals surface area contributed by atoms with E-state index in [0.29, 0.717) is 16.9 Å². The first-order valence-electron chi connectivity index (χ1n) is 8.20. The van der Waals surface area contributed by atoms with Crippen molar-refractivity contribution in [3.05, 3.63) is 87.5 Å². The average molecular weight is 353 g/mol. The highest BCUT2D eigenvalue weighted by molar-refractivity contribution is 5.85. The largest absolute Gasteiger partial charge is 0.497 e. The number of nitrogens with zero attached hydrogens (tertiary/aromatic N) is 1. The van der Waals surface area contributed by atoms with Gasteiger partial charge in [0, 0.05) is 16.6 Å². The van der Waals surface area contributed by atoms with Crippen molar-refractivity contribution in [1.82, 2.24) is 0 Å². The summed E-state index contributed by atoms with van der Waals surface area (Å²) in [6, 6.07) is 14.5. The zero-order valence-corrected chi connectivity index (χ0v) is 14.5.